The second kappa shape index (κ2) is 6.85. The number of carbonyl (C=O) groups is 2. The van der Waals surface area contributed by atoms with Crippen LogP contribution in [0.15, 0.2) is 12.1 Å². The lowest BCUT2D eigenvalue weighted by Crippen LogP contribution is -2.38. The van der Waals surface area contributed by atoms with Gasteiger partial charge in [0.25, 0.3) is 0 Å². The molecule has 1 aromatic heterocycles. The van der Waals surface area contributed by atoms with Gasteiger partial charge in [-0.05, 0) is 25.5 Å². The van der Waals surface area contributed by atoms with Crippen LogP contribution in [0.3, 0.4) is 0 Å². The summed E-state index contributed by atoms with van der Waals surface area (Å²) in [6.45, 7) is 3.04. The molecule has 0 bridgehead atoms. The molecule has 2 amide bonds. The Morgan fingerprint density at radius 2 is 2.20 bits per heavy atom. The Morgan fingerprint density at radius 1 is 1.40 bits per heavy atom. The molecule has 1 saturated carbocycles. The van der Waals surface area contributed by atoms with E-state index in [9.17, 15) is 9.59 Å². The molecule has 2 N–H and O–H groups in total. The van der Waals surface area contributed by atoms with Crippen LogP contribution in [-0.4, -0.2) is 38.6 Å². The number of rotatable bonds is 7. The molecule has 20 heavy (non-hydrogen) atoms. The Morgan fingerprint density at radius 3 is 2.85 bits per heavy atom. The van der Waals surface area contributed by atoms with Gasteiger partial charge in [0.15, 0.2) is 0 Å². The van der Waals surface area contributed by atoms with Crippen molar-refractivity contribution in [2.45, 2.75) is 19.3 Å². The maximum absolute atomic E-state index is 11.9. The highest BCUT2D eigenvalue weighted by atomic mass is 32.1. The first-order chi connectivity index (χ1) is 9.61. The highest BCUT2D eigenvalue weighted by Crippen LogP contribution is 2.49. The first kappa shape index (κ1) is 15.0. The molecule has 0 saturated heterocycles. The minimum atomic E-state index is -0.181. The largest absolute Gasteiger partial charge is 0.383 e. The van der Waals surface area contributed by atoms with Gasteiger partial charge in [0, 0.05) is 35.2 Å². The standard InChI is InChI=1S/C14H20N2O3S/c1-9-3-4-12(20-9)10-7-11(10)14(18)16-8-13(17)15-5-6-19-2/h3-4,10-11H,5-8H2,1-2H3,(H,15,17)(H,16,18)/t10-,11+/m1/s1. The zero-order chi connectivity index (χ0) is 14.5. The fourth-order valence-electron chi connectivity index (χ4n) is 2.11. The molecular formula is C14H20N2O3S. The van der Waals surface area contributed by atoms with Crippen molar-refractivity contribution < 1.29 is 14.3 Å². The zero-order valence-corrected chi connectivity index (χ0v) is 12.6. The van der Waals surface area contributed by atoms with Crippen LogP contribution in [0.4, 0.5) is 0 Å². The number of hydrogen-bond donors (Lipinski definition) is 2. The van der Waals surface area contributed by atoms with Crippen LogP contribution >= 0.6 is 11.3 Å². The molecule has 2 rings (SSSR count). The van der Waals surface area contributed by atoms with Gasteiger partial charge in [-0.15, -0.1) is 11.3 Å². The molecule has 1 heterocycles. The third kappa shape index (κ3) is 4.05. The number of amides is 2. The molecule has 0 unspecified atom stereocenters. The summed E-state index contributed by atoms with van der Waals surface area (Å²) in [6, 6.07) is 4.17. The molecule has 0 aliphatic heterocycles. The maximum Gasteiger partial charge on any atom is 0.239 e. The smallest absolute Gasteiger partial charge is 0.239 e. The van der Waals surface area contributed by atoms with E-state index in [1.807, 2.05) is 0 Å². The molecule has 5 nitrogen and oxygen atoms in total. The molecule has 0 radical (unpaired) electrons. The predicted octanol–water partition coefficient (Wildman–Crippen LogP) is 1.04. The van der Waals surface area contributed by atoms with Gasteiger partial charge >= 0.3 is 0 Å². The molecule has 1 fully saturated rings. The van der Waals surface area contributed by atoms with E-state index in [4.69, 9.17) is 4.74 Å². The lowest BCUT2D eigenvalue weighted by atomic mass is 10.2. The average Bonchev–Trinajstić information content (AvgIpc) is 3.12. The van der Waals surface area contributed by atoms with E-state index >= 15 is 0 Å². The van der Waals surface area contributed by atoms with Crippen molar-refractivity contribution in [1.82, 2.24) is 10.6 Å². The van der Waals surface area contributed by atoms with Gasteiger partial charge < -0.3 is 15.4 Å². The number of thiophene rings is 1. The van der Waals surface area contributed by atoms with Crippen LogP contribution in [0.25, 0.3) is 0 Å². The van der Waals surface area contributed by atoms with Crippen molar-refractivity contribution in [2.75, 3.05) is 26.8 Å². The maximum atomic E-state index is 11.9. The van der Waals surface area contributed by atoms with E-state index in [0.717, 1.165) is 6.42 Å². The number of ether oxygens (including phenoxy) is 1. The Hall–Kier alpha value is -1.40. The minimum Gasteiger partial charge on any atom is -0.383 e. The summed E-state index contributed by atoms with van der Waals surface area (Å²) in [4.78, 5) is 25.9. The van der Waals surface area contributed by atoms with Crippen LogP contribution in [0.1, 0.15) is 22.1 Å². The van der Waals surface area contributed by atoms with Gasteiger partial charge in [-0.25, -0.2) is 0 Å². The summed E-state index contributed by atoms with van der Waals surface area (Å²) in [5.41, 5.74) is 0. The summed E-state index contributed by atoms with van der Waals surface area (Å²) < 4.78 is 4.83. The zero-order valence-electron chi connectivity index (χ0n) is 11.8. The summed E-state index contributed by atoms with van der Waals surface area (Å²) >= 11 is 1.74. The Balaban J connectivity index is 1.68. The fourth-order valence-corrected chi connectivity index (χ4v) is 3.16. The molecule has 6 heteroatoms. The van der Waals surface area contributed by atoms with Crippen LogP contribution in [0, 0.1) is 12.8 Å². The van der Waals surface area contributed by atoms with Crippen LogP contribution in [0.2, 0.25) is 0 Å². The van der Waals surface area contributed by atoms with Crippen LogP contribution in [0.5, 0.6) is 0 Å². The van der Waals surface area contributed by atoms with Crippen molar-refractivity contribution in [3.05, 3.63) is 21.9 Å². The van der Waals surface area contributed by atoms with Crippen molar-refractivity contribution in [2.24, 2.45) is 5.92 Å². The van der Waals surface area contributed by atoms with Gasteiger partial charge in [-0.3, -0.25) is 9.59 Å². The van der Waals surface area contributed by atoms with Crippen molar-refractivity contribution in [3.8, 4) is 0 Å². The summed E-state index contributed by atoms with van der Waals surface area (Å²) in [5, 5.41) is 5.36. The van der Waals surface area contributed by atoms with E-state index in [2.05, 4.69) is 29.7 Å². The van der Waals surface area contributed by atoms with Gasteiger partial charge in [-0.2, -0.15) is 0 Å². The average molecular weight is 296 g/mol. The third-order valence-electron chi connectivity index (χ3n) is 3.31. The highest BCUT2D eigenvalue weighted by Gasteiger charge is 2.44. The van der Waals surface area contributed by atoms with Gasteiger partial charge in [-0.1, -0.05) is 0 Å². The van der Waals surface area contributed by atoms with Gasteiger partial charge in [0.05, 0.1) is 13.2 Å². The normalized spacial score (nSPS) is 20.5. The lowest BCUT2D eigenvalue weighted by molar-refractivity contribution is -0.126. The summed E-state index contributed by atoms with van der Waals surface area (Å²) in [5.74, 6) is 0.160. The number of methoxy groups -OCH3 is 1. The van der Waals surface area contributed by atoms with Gasteiger partial charge in [0.2, 0.25) is 11.8 Å². The molecule has 0 aromatic carbocycles. The number of aryl methyl sites for hydroxylation is 1. The van der Waals surface area contributed by atoms with Crippen LogP contribution in [-0.2, 0) is 14.3 Å². The second-order valence-electron chi connectivity index (χ2n) is 4.96. The molecule has 110 valence electrons. The van der Waals surface area contributed by atoms with E-state index in [1.54, 1.807) is 18.4 Å². The summed E-state index contributed by atoms with van der Waals surface area (Å²) in [6.07, 6.45) is 0.886. The highest BCUT2D eigenvalue weighted by molar-refractivity contribution is 7.12. The quantitative estimate of drug-likeness (QED) is 0.739. The van der Waals surface area contributed by atoms with Crippen molar-refractivity contribution >= 4 is 23.2 Å². The fraction of sp³-hybridized carbons (Fsp3) is 0.571. The number of hydrogen-bond acceptors (Lipinski definition) is 4. The lowest BCUT2D eigenvalue weighted by Gasteiger charge is -2.06. The first-order valence-electron chi connectivity index (χ1n) is 6.71. The topological polar surface area (TPSA) is 67.4 Å². The van der Waals surface area contributed by atoms with E-state index in [-0.39, 0.29) is 24.3 Å². The van der Waals surface area contributed by atoms with Crippen molar-refractivity contribution in [3.63, 3.8) is 0 Å². The Bertz CT molecular complexity index is 487. The summed E-state index contributed by atoms with van der Waals surface area (Å²) in [7, 11) is 1.58. The van der Waals surface area contributed by atoms with E-state index in [1.165, 1.54) is 9.75 Å². The molecule has 2 atom stereocenters. The van der Waals surface area contributed by atoms with Crippen molar-refractivity contribution in [1.29, 1.82) is 0 Å². The van der Waals surface area contributed by atoms with E-state index < -0.39 is 0 Å². The number of carbonyl (C=O) groups excluding carboxylic acids is 2. The molecule has 0 spiro atoms. The Kier molecular flexibility index (Phi) is 5.14. The van der Waals surface area contributed by atoms with Crippen LogP contribution < -0.4 is 10.6 Å². The third-order valence-corrected chi connectivity index (χ3v) is 4.44. The SMILES string of the molecule is COCCNC(=O)CNC(=O)[C@H]1C[C@H]1c1ccc(C)s1. The Labute approximate surface area is 122 Å². The molecule has 1 aliphatic rings. The van der Waals surface area contributed by atoms with E-state index in [0.29, 0.717) is 19.1 Å². The molecule has 1 aromatic rings. The second-order valence-corrected chi connectivity index (χ2v) is 6.28. The predicted molar refractivity (Wildman–Crippen MR) is 77.8 cm³/mol. The first-order valence-corrected chi connectivity index (χ1v) is 7.53. The monoisotopic (exact) mass is 296 g/mol. The van der Waals surface area contributed by atoms with Gasteiger partial charge in [0.1, 0.15) is 0 Å². The minimum absolute atomic E-state index is 0.0251. The molecule has 1 aliphatic carbocycles. The molecular weight excluding hydrogens is 276 g/mol. The number of nitrogens with one attached hydrogen (secondary N) is 2.